The summed E-state index contributed by atoms with van der Waals surface area (Å²) >= 11 is 0. The fourth-order valence-corrected chi connectivity index (χ4v) is 2.24. The Hall–Kier alpha value is -2.44. The highest BCUT2D eigenvalue weighted by Gasteiger charge is 2.29. The second-order valence-electron chi connectivity index (χ2n) is 4.76. The molecule has 1 amide bonds. The fourth-order valence-electron chi connectivity index (χ4n) is 2.24. The topological polar surface area (TPSA) is 101 Å². The van der Waals surface area contributed by atoms with Gasteiger partial charge in [0, 0.05) is 18.7 Å². The lowest BCUT2D eigenvalue weighted by Gasteiger charge is -2.27. The van der Waals surface area contributed by atoms with Gasteiger partial charge in [-0.15, -0.1) is 0 Å². The first-order valence-electron chi connectivity index (χ1n) is 6.56. The molecule has 0 aliphatic carbocycles. The number of hydrogen-bond donors (Lipinski definition) is 1. The number of carbonyl (C=O) groups is 2. The quantitative estimate of drug-likeness (QED) is 0.640. The van der Waals surface area contributed by atoms with Gasteiger partial charge in [-0.1, -0.05) is 12.1 Å². The van der Waals surface area contributed by atoms with Gasteiger partial charge in [-0.2, -0.15) is 0 Å². The van der Waals surface area contributed by atoms with E-state index in [-0.39, 0.29) is 24.2 Å². The summed E-state index contributed by atoms with van der Waals surface area (Å²) in [5.74, 6) is -1.54. The highest BCUT2D eigenvalue weighted by Crippen LogP contribution is 2.24. The molecule has 0 radical (unpaired) electrons. The number of benzene rings is 1. The molecule has 0 fully saturated rings. The summed E-state index contributed by atoms with van der Waals surface area (Å²) in [6.45, 7) is 5.22. The summed E-state index contributed by atoms with van der Waals surface area (Å²) in [5.41, 5.74) is 0.248. The molecule has 21 heavy (non-hydrogen) atoms. The van der Waals surface area contributed by atoms with Crippen molar-refractivity contribution in [1.29, 1.82) is 0 Å². The number of carboxylic acid groups (broad SMARTS) is 1. The SMILES string of the molecule is CCN(C(=O)c1c(C)cccc1[N+](=O)[O-])C(C)CC(=O)O. The van der Waals surface area contributed by atoms with Crippen LogP contribution in [0, 0.1) is 17.0 Å². The number of carbonyl (C=O) groups excluding carboxylic acids is 1. The maximum atomic E-state index is 12.6. The predicted octanol–water partition coefficient (Wildman–Crippen LogP) is 2.23. The second-order valence-corrected chi connectivity index (χ2v) is 4.76. The van der Waals surface area contributed by atoms with Gasteiger partial charge in [-0.3, -0.25) is 19.7 Å². The molecule has 1 aromatic carbocycles. The first-order valence-corrected chi connectivity index (χ1v) is 6.56. The molecular weight excluding hydrogens is 276 g/mol. The van der Waals surface area contributed by atoms with Gasteiger partial charge in [-0.05, 0) is 26.3 Å². The standard InChI is InChI=1S/C14H18N2O5/c1-4-15(10(3)8-12(17)18)14(19)13-9(2)6-5-7-11(13)16(20)21/h5-7,10H,4,8H2,1-3H3,(H,17,18). The molecule has 1 unspecified atom stereocenters. The molecule has 0 aromatic heterocycles. The van der Waals surface area contributed by atoms with Crippen molar-refractivity contribution < 1.29 is 19.6 Å². The van der Waals surface area contributed by atoms with Gasteiger partial charge in [-0.25, -0.2) is 0 Å². The number of nitrogens with zero attached hydrogens (tertiary/aromatic N) is 2. The van der Waals surface area contributed by atoms with E-state index in [0.717, 1.165) is 0 Å². The highest BCUT2D eigenvalue weighted by atomic mass is 16.6. The molecule has 0 heterocycles. The summed E-state index contributed by atoms with van der Waals surface area (Å²) in [6.07, 6.45) is -0.209. The van der Waals surface area contributed by atoms with E-state index in [1.807, 2.05) is 0 Å². The van der Waals surface area contributed by atoms with E-state index in [2.05, 4.69) is 0 Å². The number of amides is 1. The van der Waals surface area contributed by atoms with Gasteiger partial charge in [0.25, 0.3) is 11.6 Å². The monoisotopic (exact) mass is 294 g/mol. The third kappa shape index (κ3) is 3.77. The van der Waals surface area contributed by atoms with Gasteiger partial charge in [0.15, 0.2) is 0 Å². The molecule has 114 valence electrons. The Balaban J connectivity index is 3.22. The Morgan fingerprint density at radius 2 is 2.05 bits per heavy atom. The van der Waals surface area contributed by atoms with Crippen LogP contribution in [0.4, 0.5) is 5.69 Å². The maximum absolute atomic E-state index is 12.6. The Morgan fingerprint density at radius 1 is 1.43 bits per heavy atom. The zero-order valence-electron chi connectivity index (χ0n) is 12.2. The van der Waals surface area contributed by atoms with Gasteiger partial charge in [0.05, 0.1) is 11.3 Å². The van der Waals surface area contributed by atoms with Crippen molar-refractivity contribution in [3.05, 3.63) is 39.4 Å². The zero-order valence-corrected chi connectivity index (χ0v) is 12.2. The normalized spacial score (nSPS) is 11.8. The van der Waals surface area contributed by atoms with Crippen LogP contribution in [0.25, 0.3) is 0 Å². The average Bonchev–Trinajstić information content (AvgIpc) is 2.37. The van der Waals surface area contributed by atoms with E-state index >= 15 is 0 Å². The Morgan fingerprint density at radius 3 is 2.52 bits per heavy atom. The third-order valence-corrected chi connectivity index (χ3v) is 3.27. The minimum atomic E-state index is -1.02. The largest absolute Gasteiger partial charge is 0.481 e. The first-order chi connectivity index (χ1) is 9.79. The minimum Gasteiger partial charge on any atom is -0.481 e. The molecule has 0 saturated heterocycles. The van der Waals surface area contributed by atoms with E-state index in [0.29, 0.717) is 5.56 Å². The van der Waals surface area contributed by atoms with Crippen LogP contribution in [0.1, 0.15) is 36.2 Å². The van der Waals surface area contributed by atoms with E-state index in [1.54, 1.807) is 26.8 Å². The number of nitro groups is 1. The van der Waals surface area contributed by atoms with Crippen molar-refractivity contribution in [3.63, 3.8) is 0 Å². The number of carboxylic acids is 1. The van der Waals surface area contributed by atoms with Crippen molar-refractivity contribution in [3.8, 4) is 0 Å². The molecular formula is C14H18N2O5. The van der Waals surface area contributed by atoms with Crippen molar-refractivity contribution >= 4 is 17.6 Å². The molecule has 0 aliphatic heterocycles. The fraction of sp³-hybridized carbons (Fsp3) is 0.429. The van der Waals surface area contributed by atoms with Gasteiger partial charge < -0.3 is 10.0 Å². The van der Waals surface area contributed by atoms with Crippen LogP contribution in [0.5, 0.6) is 0 Å². The number of rotatable bonds is 6. The molecule has 0 aliphatic rings. The predicted molar refractivity (Wildman–Crippen MR) is 76.3 cm³/mol. The number of nitro benzene ring substituents is 1. The molecule has 1 atom stereocenters. The van der Waals surface area contributed by atoms with E-state index < -0.39 is 22.8 Å². The van der Waals surface area contributed by atoms with Crippen molar-refractivity contribution in [2.24, 2.45) is 0 Å². The van der Waals surface area contributed by atoms with Crippen molar-refractivity contribution in [2.75, 3.05) is 6.54 Å². The van der Waals surface area contributed by atoms with Gasteiger partial charge in [0.1, 0.15) is 5.56 Å². The highest BCUT2D eigenvalue weighted by molar-refractivity contribution is 5.99. The van der Waals surface area contributed by atoms with Crippen molar-refractivity contribution in [1.82, 2.24) is 4.90 Å². The molecule has 1 aromatic rings. The zero-order chi connectivity index (χ0) is 16.2. The molecule has 7 heteroatoms. The molecule has 1 N–H and O–H groups in total. The first kappa shape index (κ1) is 16.6. The van der Waals surface area contributed by atoms with Crippen LogP contribution in [0.3, 0.4) is 0 Å². The Labute approximate surface area is 122 Å². The molecule has 1 rings (SSSR count). The average molecular weight is 294 g/mol. The van der Waals surface area contributed by atoms with Gasteiger partial charge in [0.2, 0.25) is 0 Å². The second kappa shape index (κ2) is 6.83. The van der Waals surface area contributed by atoms with E-state index in [1.165, 1.54) is 17.0 Å². The molecule has 7 nitrogen and oxygen atoms in total. The van der Waals surface area contributed by atoms with Crippen LogP contribution in [-0.4, -0.2) is 39.4 Å². The smallest absolute Gasteiger partial charge is 0.305 e. The van der Waals surface area contributed by atoms with Gasteiger partial charge >= 0.3 is 5.97 Å². The summed E-state index contributed by atoms with van der Waals surface area (Å²) in [6, 6.07) is 3.87. The Kier molecular flexibility index (Phi) is 5.40. The van der Waals surface area contributed by atoms with Crippen LogP contribution < -0.4 is 0 Å². The number of aryl methyl sites for hydroxylation is 1. The van der Waals surface area contributed by atoms with Crippen molar-refractivity contribution in [2.45, 2.75) is 33.2 Å². The lowest BCUT2D eigenvalue weighted by Crippen LogP contribution is -2.40. The number of aliphatic carboxylic acids is 1. The lowest BCUT2D eigenvalue weighted by atomic mass is 10.0. The third-order valence-electron chi connectivity index (χ3n) is 3.27. The van der Waals surface area contributed by atoms with Crippen LogP contribution in [-0.2, 0) is 4.79 Å². The molecule has 0 saturated carbocycles. The van der Waals surface area contributed by atoms with E-state index in [9.17, 15) is 19.7 Å². The minimum absolute atomic E-state index is 0.0154. The summed E-state index contributed by atoms with van der Waals surface area (Å²) in [4.78, 5) is 35.2. The maximum Gasteiger partial charge on any atom is 0.305 e. The van der Waals surface area contributed by atoms with E-state index in [4.69, 9.17) is 5.11 Å². The summed E-state index contributed by atoms with van der Waals surface area (Å²) in [7, 11) is 0. The van der Waals surface area contributed by atoms with Crippen LogP contribution in [0.15, 0.2) is 18.2 Å². The summed E-state index contributed by atoms with van der Waals surface area (Å²) < 4.78 is 0. The molecule has 0 spiro atoms. The van der Waals surface area contributed by atoms with Crippen LogP contribution in [0.2, 0.25) is 0 Å². The van der Waals surface area contributed by atoms with Crippen LogP contribution >= 0.6 is 0 Å². The number of hydrogen-bond acceptors (Lipinski definition) is 4. The lowest BCUT2D eigenvalue weighted by molar-refractivity contribution is -0.385. The summed E-state index contributed by atoms with van der Waals surface area (Å²) in [5, 5.41) is 19.9. The molecule has 0 bridgehead atoms. The Bertz CT molecular complexity index is 570.